The number of nitrogens with zero attached hydrogens (tertiary/aromatic N) is 3. The lowest BCUT2D eigenvalue weighted by molar-refractivity contribution is -0.113. The van der Waals surface area contributed by atoms with Crippen molar-refractivity contribution in [2.45, 2.75) is 36.7 Å². The Morgan fingerprint density at radius 3 is 2.56 bits per heavy atom. The molecule has 0 aliphatic heterocycles. The molecule has 0 heterocycles. The molecular weight excluding hydrogens is 380 g/mol. The quantitative estimate of drug-likeness (QED) is 0.256. The van der Waals surface area contributed by atoms with Crippen LogP contribution in [0.15, 0.2) is 50.8 Å². The number of thioether (sulfide) groups is 2. The molecule has 1 aromatic rings. The van der Waals surface area contributed by atoms with Gasteiger partial charge >= 0.3 is 0 Å². The molecule has 27 heavy (non-hydrogen) atoms. The first kappa shape index (κ1) is 21.1. The van der Waals surface area contributed by atoms with Gasteiger partial charge in [-0.25, -0.2) is 0 Å². The summed E-state index contributed by atoms with van der Waals surface area (Å²) in [5.41, 5.74) is 0.835. The predicted molar refractivity (Wildman–Crippen MR) is 112 cm³/mol. The molecule has 1 aliphatic carbocycles. The van der Waals surface area contributed by atoms with Crippen LogP contribution >= 0.6 is 23.5 Å². The van der Waals surface area contributed by atoms with Crippen LogP contribution in [0.4, 0.5) is 0 Å². The number of hydrogen-bond acceptors (Lipinski definition) is 7. The largest absolute Gasteiger partial charge is 0.392 e. The molecule has 1 fully saturated rings. The van der Waals surface area contributed by atoms with Gasteiger partial charge in [0.15, 0.2) is 10.9 Å². The molecule has 0 radical (unpaired) electrons. The lowest BCUT2D eigenvalue weighted by Crippen LogP contribution is -2.35. The number of nitriles is 1. The predicted octanol–water partition coefficient (Wildman–Crippen LogP) is 3.94. The second kappa shape index (κ2) is 10.8. The summed E-state index contributed by atoms with van der Waals surface area (Å²) >= 11 is 2.62. The maximum absolute atomic E-state index is 12.8. The van der Waals surface area contributed by atoms with Gasteiger partial charge in [-0.2, -0.15) is 5.26 Å². The van der Waals surface area contributed by atoms with E-state index in [2.05, 4.69) is 22.0 Å². The number of benzene rings is 1. The van der Waals surface area contributed by atoms with Crippen LogP contribution in [0.5, 0.6) is 0 Å². The van der Waals surface area contributed by atoms with Crippen molar-refractivity contribution < 1.29 is 9.63 Å². The molecular formula is C19H22N4O2S2. The Hall–Kier alpha value is -2.24. The van der Waals surface area contributed by atoms with Crippen molar-refractivity contribution in [1.82, 2.24) is 5.32 Å². The molecule has 0 unspecified atom stereocenters. The SMILES string of the molecule is C=C(C#N)SC(=NC)NC(=O)/C(=N/OC1CCCC1)c1ccc(SC)cc1. The van der Waals surface area contributed by atoms with Gasteiger partial charge in [-0.3, -0.25) is 15.1 Å². The van der Waals surface area contributed by atoms with Gasteiger partial charge in [-0.15, -0.1) is 11.8 Å². The van der Waals surface area contributed by atoms with Crippen LogP contribution in [-0.2, 0) is 9.63 Å². The van der Waals surface area contributed by atoms with E-state index in [-0.39, 0.29) is 21.9 Å². The first-order valence-electron chi connectivity index (χ1n) is 8.50. The molecule has 142 valence electrons. The topological polar surface area (TPSA) is 86.8 Å². The Balaban J connectivity index is 2.21. The minimum atomic E-state index is -0.441. The number of aliphatic imine (C=N–C) groups is 1. The third-order valence-electron chi connectivity index (χ3n) is 3.94. The van der Waals surface area contributed by atoms with Crippen molar-refractivity contribution in [3.05, 3.63) is 41.3 Å². The molecule has 0 saturated heterocycles. The highest BCUT2D eigenvalue weighted by Crippen LogP contribution is 2.22. The normalized spacial score (nSPS) is 15.3. The molecule has 1 amide bonds. The molecule has 0 bridgehead atoms. The maximum atomic E-state index is 12.8. The lowest BCUT2D eigenvalue weighted by Gasteiger charge is -2.12. The maximum Gasteiger partial charge on any atom is 0.279 e. The van der Waals surface area contributed by atoms with Crippen LogP contribution in [0, 0.1) is 11.3 Å². The highest BCUT2D eigenvalue weighted by molar-refractivity contribution is 8.17. The summed E-state index contributed by atoms with van der Waals surface area (Å²) < 4.78 is 0. The summed E-state index contributed by atoms with van der Waals surface area (Å²) in [6, 6.07) is 9.46. The van der Waals surface area contributed by atoms with E-state index in [1.807, 2.05) is 36.6 Å². The van der Waals surface area contributed by atoms with Crippen LogP contribution in [0.2, 0.25) is 0 Å². The fraction of sp³-hybridized carbons (Fsp3) is 0.368. The zero-order valence-electron chi connectivity index (χ0n) is 15.4. The van der Waals surface area contributed by atoms with Gasteiger partial charge < -0.3 is 4.84 Å². The van der Waals surface area contributed by atoms with Crippen LogP contribution in [-0.4, -0.2) is 36.2 Å². The van der Waals surface area contributed by atoms with E-state index < -0.39 is 5.91 Å². The van der Waals surface area contributed by atoms with Gasteiger partial charge in [0.05, 0.1) is 4.91 Å². The third-order valence-corrected chi connectivity index (χ3v) is 5.50. The monoisotopic (exact) mass is 402 g/mol. The van der Waals surface area contributed by atoms with Gasteiger partial charge in [-0.05, 0) is 55.8 Å². The van der Waals surface area contributed by atoms with Gasteiger partial charge in [0.2, 0.25) is 0 Å². The summed E-state index contributed by atoms with van der Waals surface area (Å²) in [5.74, 6) is -0.441. The Labute approximate surface area is 168 Å². The molecule has 1 saturated carbocycles. The Morgan fingerprint density at radius 1 is 1.33 bits per heavy atom. The van der Waals surface area contributed by atoms with E-state index in [9.17, 15) is 4.79 Å². The molecule has 1 aliphatic rings. The van der Waals surface area contributed by atoms with Crippen LogP contribution < -0.4 is 5.32 Å². The Morgan fingerprint density at radius 2 is 2.00 bits per heavy atom. The summed E-state index contributed by atoms with van der Waals surface area (Å²) in [5, 5.41) is 16.0. The summed E-state index contributed by atoms with van der Waals surface area (Å²) in [6.45, 7) is 3.59. The Bertz CT molecular complexity index is 776. The van der Waals surface area contributed by atoms with E-state index in [0.29, 0.717) is 5.56 Å². The second-order valence-electron chi connectivity index (χ2n) is 5.80. The highest BCUT2D eigenvalue weighted by atomic mass is 32.2. The zero-order valence-corrected chi connectivity index (χ0v) is 17.0. The average molecular weight is 403 g/mol. The molecule has 0 atom stereocenters. The van der Waals surface area contributed by atoms with E-state index in [1.54, 1.807) is 11.8 Å². The molecule has 2 rings (SSSR count). The van der Waals surface area contributed by atoms with E-state index >= 15 is 0 Å². The van der Waals surface area contributed by atoms with E-state index in [0.717, 1.165) is 42.3 Å². The van der Waals surface area contributed by atoms with Crippen molar-refractivity contribution >= 4 is 40.3 Å². The number of nitrogens with one attached hydrogen (secondary N) is 1. The molecule has 8 heteroatoms. The molecule has 1 aromatic carbocycles. The number of oxime groups is 1. The number of rotatable bonds is 6. The van der Waals surface area contributed by atoms with Crippen LogP contribution in [0.1, 0.15) is 31.2 Å². The van der Waals surface area contributed by atoms with Crippen molar-refractivity contribution in [2.24, 2.45) is 10.1 Å². The van der Waals surface area contributed by atoms with Crippen molar-refractivity contribution in [3.8, 4) is 6.07 Å². The average Bonchev–Trinajstić information content (AvgIpc) is 3.21. The zero-order chi connectivity index (χ0) is 19.6. The number of carbonyl (C=O) groups excluding carboxylic acids is 1. The van der Waals surface area contributed by atoms with Crippen molar-refractivity contribution in [3.63, 3.8) is 0 Å². The Kier molecular flexibility index (Phi) is 8.43. The fourth-order valence-corrected chi connectivity index (χ4v) is 3.44. The first-order valence-corrected chi connectivity index (χ1v) is 10.5. The smallest absolute Gasteiger partial charge is 0.279 e. The van der Waals surface area contributed by atoms with Crippen molar-refractivity contribution in [1.29, 1.82) is 5.26 Å². The summed E-state index contributed by atoms with van der Waals surface area (Å²) in [6.07, 6.45) is 6.16. The van der Waals surface area contributed by atoms with Crippen molar-refractivity contribution in [2.75, 3.05) is 13.3 Å². The molecule has 6 nitrogen and oxygen atoms in total. The number of amides is 1. The number of carbonyl (C=O) groups is 1. The summed E-state index contributed by atoms with van der Waals surface area (Å²) in [7, 11) is 1.53. The molecule has 1 N–H and O–H groups in total. The highest BCUT2D eigenvalue weighted by Gasteiger charge is 2.21. The molecule has 0 spiro atoms. The van der Waals surface area contributed by atoms with Crippen LogP contribution in [0.25, 0.3) is 0 Å². The van der Waals surface area contributed by atoms with Gasteiger partial charge in [0.1, 0.15) is 12.2 Å². The first-order chi connectivity index (χ1) is 13.1. The minimum absolute atomic E-state index is 0.0466. The van der Waals surface area contributed by atoms with E-state index in [1.165, 1.54) is 7.05 Å². The van der Waals surface area contributed by atoms with Gasteiger partial charge in [0.25, 0.3) is 5.91 Å². The number of amidine groups is 1. The number of hydrogen-bond donors (Lipinski definition) is 1. The molecule has 0 aromatic heterocycles. The van der Waals surface area contributed by atoms with Gasteiger partial charge in [-0.1, -0.05) is 23.9 Å². The van der Waals surface area contributed by atoms with E-state index in [4.69, 9.17) is 10.1 Å². The second-order valence-corrected chi connectivity index (χ2v) is 7.76. The fourth-order valence-electron chi connectivity index (χ4n) is 2.52. The third kappa shape index (κ3) is 6.45. The summed E-state index contributed by atoms with van der Waals surface area (Å²) in [4.78, 5) is 23.7. The van der Waals surface area contributed by atoms with Crippen LogP contribution in [0.3, 0.4) is 0 Å². The lowest BCUT2D eigenvalue weighted by atomic mass is 10.1. The van der Waals surface area contributed by atoms with Gasteiger partial charge in [0, 0.05) is 17.5 Å². The number of allylic oxidation sites excluding steroid dienone is 1. The standard InChI is InChI=1S/C19H22N4O2S2/c1-13(12-20)27-19(21-2)22-18(24)17(23-25-15-6-4-5-7-15)14-8-10-16(26-3)11-9-14/h8-11,15H,1,4-7H2,2-3H3,(H,21,22,24)/b23-17+. The minimum Gasteiger partial charge on any atom is -0.392 e.